The van der Waals surface area contributed by atoms with Crippen LogP contribution in [-0.4, -0.2) is 55.5 Å². The zero-order chi connectivity index (χ0) is 21.2. The number of nitrogens with zero attached hydrogens (tertiary/aromatic N) is 2. The van der Waals surface area contributed by atoms with Crippen LogP contribution in [-0.2, 0) is 19.6 Å². The molecule has 7 nitrogen and oxygen atoms in total. The number of piperazine rings is 1. The molecule has 1 aliphatic heterocycles. The van der Waals surface area contributed by atoms with Crippen molar-refractivity contribution in [2.24, 2.45) is 0 Å². The van der Waals surface area contributed by atoms with Crippen molar-refractivity contribution in [2.45, 2.75) is 64.0 Å². The third-order valence-electron chi connectivity index (χ3n) is 6.04. The predicted octanol–water partition coefficient (Wildman–Crippen LogP) is 2.20. The van der Waals surface area contributed by atoms with E-state index in [1.807, 2.05) is 25.1 Å². The molecule has 160 valence electrons. The Bertz CT molecular complexity index is 878. The number of nitrogens with one attached hydrogen (secondary N) is 1. The molecule has 2 aliphatic rings. The van der Waals surface area contributed by atoms with Crippen molar-refractivity contribution in [3.63, 3.8) is 0 Å². The summed E-state index contributed by atoms with van der Waals surface area (Å²) in [4.78, 5) is 28.1. The summed E-state index contributed by atoms with van der Waals surface area (Å²) in [7, 11) is -3.61. The molecule has 29 heavy (non-hydrogen) atoms. The lowest BCUT2D eigenvalue weighted by atomic mass is 9.92. The zero-order valence-electron chi connectivity index (χ0n) is 17.5. The molecule has 3 rings (SSSR count). The lowest BCUT2D eigenvalue weighted by molar-refractivity contribution is -0.133. The Morgan fingerprint density at radius 1 is 1.14 bits per heavy atom. The van der Waals surface area contributed by atoms with Gasteiger partial charge in [0.1, 0.15) is 5.54 Å². The van der Waals surface area contributed by atoms with Crippen LogP contribution in [0.15, 0.2) is 24.3 Å². The van der Waals surface area contributed by atoms with E-state index >= 15 is 0 Å². The third kappa shape index (κ3) is 4.64. The maximum Gasteiger partial charge on any atom is 0.247 e. The summed E-state index contributed by atoms with van der Waals surface area (Å²) in [6.45, 7) is 3.22. The number of hydrogen-bond donors (Lipinski definition) is 1. The fourth-order valence-electron chi connectivity index (χ4n) is 4.35. The van der Waals surface area contributed by atoms with Crippen LogP contribution in [0.5, 0.6) is 0 Å². The molecule has 1 aromatic rings. The minimum atomic E-state index is -3.61. The fraction of sp³-hybridized carbons (Fsp3) is 0.619. The molecule has 1 saturated carbocycles. The topological polar surface area (TPSA) is 86.8 Å². The van der Waals surface area contributed by atoms with Crippen LogP contribution in [0.1, 0.15) is 51.0 Å². The molecule has 1 atom stereocenters. The number of sulfonamides is 1. The van der Waals surface area contributed by atoms with Crippen LogP contribution in [0.2, 0.25) is 0 Å². The first-order chi connectivity index (χ1) is 13.6. The molecule has 8 heteroatoms. The van der Waals surface area contributed by atoms with Gasteiger partial charge in [-0.2, -0.15) is 4.31 Å². The molecule has 0 spiro atoms. The van der Waals surface area contributed by atoms with E-state index in [0.29, 0.717) is 5.69 Å². The molecular formula is C21H31N3O4S. The second-order valence-corrected chi connectivity index (χ2v) is 10.5. The highest BCUT2D eigenvalue weighted by Crippen LogP contribution is 2.33. The minimum absolute atomic E-state index is 0.0595. The van der Waals surface area contributed by atoms with Gasteiger partial charge < -0.3 is 5.32 Å². The Hall–Kier alpha value is -1.93. The van der Waals surface area contributed by atoms with Crippen LogP contribution in [0.25, 0.3) is 0 Å². The number of amides is 2. The number of benzene rings is 1. The number of anilines is 1. The number of aryl methyl sites for hydroxylation is 1. The van der Waals surface area contributed by atoms with Gasteiger partial charge in [-0.15, -0.1) is 0 Å². The van der Waals surface area contributed by atoms with E-state index in [4.69, 9.17) is 0 Å². The number of rotatable bonds is 4. The Balaban J connectivity index is 1.98. The molecule has 2 fully saturated rings. The van der Waals surface area contributed by atoms with Gasteiger partial charge in [0.25, 0.3) is 0 Å². The molecule has 0 radical (unpaired) electrons. The summed E-state index contributed by atoms with van der Waals surface area (Å²) in [6, 6.07) is 7.45. The summed E-state index contributed by atoms with van der Waals surface area (Å²) in [5.41, 5.74) is 0.183. The SMILES string of the molecule is Cc1ccccc1N1C(=O)CN(S(C)(=O)=O)C[C@@]1(C)C(=O)NC1CCCCCC1. The van der Waals surface area contributed by atoms with Crippen molar-refractivity contribution in [1.82, 2.24) is 9.62 Å². The van der Waals surface area contributed by atoms with Gasteiger partial charge >= 0.3 is 0 Å². The Labute approximate surface area is 173 Å². The first-order valence-corrected chi connectivity index (χ1v) is 12.1. The molecule has 1 aliphatic carbocycles. The molecule has 0 aromatic heterocycles. The van der Waals surface area contributed by atoms with Crippen LogP contribution < -0.4 is 10.2 Å². The Morgan fingerprint density at radius 3 is 2.34 bits per heavy atom. The molecule has 1 aromatic carbocycles. The molecule has 2 amide bonds. The van der Waals surface area contributed by atoms with Crippen molar-refractivity contribution in [1.29, 1.82) is 0 Å². The van der Waals surface area contributed by atoms with E-state index in [1.165, 1.54) is 17.7 Å². The van der Waals surface area contributed by atoms with Crippen molar-refractivity contribution >= 4 is 27.5 Å². The second-order valence-electron chi connectivity index (χ2n) is 8.48. The van der Waals surface area contributed by atoms with Crippen molar-refractivity contribution in [2.75, 3.05) is 24.2 Å². The first-order valence-electron chi connectivity index (χ1n) is 10.3. The smallest absolute Gasteiger partial charge is 0.247 e. The zero-order valence-corrected chi connectivity index (χ0v) is 18.3. The van der Waals surface area contributed by atoms with Gasteiger partial charge in [-0.3, -0.25) is 14.5 Å². The number of hydrogen-bond acceptors (Lipinski definition) is 4. The molecule has 1 N–H and O–H groups in total. The van der Waals surface area contributed by atoms with Crippen molar-refractivity contribution in [3.05, 3.63) is 29.8 Å². The van der Waals surface area contributed by atoms with Crippen LogP contribution in [0.3, 0.4) is 0 Å². The third-order valence-corrected chi connectivity index (χ3v) is 7.24. The number of para-hydroxylation sites is 1. The van der Waals surface area contributed by atoms with E-state index in [1.54, 1.807) is 13.0 Å². The summed E-state index contributed by atoms with van der Waals surface area (Å²) in [5, 5.41) is 3.13. The number of carbonyl (C=O) groups excluding carboxylic acids is 2. The molecule has 1 heterocycles. The van der Waals surface area contributed by atoms with E-state index < -0.39 is 21.5 Å². The van der Waals surface area contributed by atoms with Gasteiger partial charge in [0.05, 0.1) is 12.8 Å². The quantitative estimate of drug-likeness (QED) is 0.755. The average Bonchev–Trinajstić information content (AvgIpc) is 2.90. The summed E-state index contributed by atoms with van der Waals surface area (Å²) >= 11 is 0. The van der Waals surface area contributed by atoms with Crippen LogP contribution >= 0.6 is 0 Å². The number of carbonyl (C=O) groups is 2. The van der Waals surface area contributed by atoms with Gasteiger partial charge in [-0.1, -0.05) is 43.9 Å². The highest BCUT2D eigenvalue weighted by Gasteiger charge is 2.50. The van der Waals surface area contributed by atoms with Crippen molar-refractivity contribution < 1.29 is 18.0 Å². The van der Waals surface area contributed by atoms with Crippen molar-refractivity contribution in [3.8, 4) is 0 Å². The van der Waals surface area contributed by atoms with Gasteiger partial charge in [0.15, 0.2) is 0 Å². The van der Waals surface area contributed by atoms with Crippen LogP contribution in [0.4, 0.5) is 5.69 Å². The van der Waals surface area contributed by atoms with E-state index in [2.05, 4.69) is 5.32 Å². The van der Waals surface area contributed by atoms with Gasteiger partial charge in [-0.05, 0) is 38.3 Å². The van der Waals surface area contributed by atoms with Gasteiger partial charge in [-0.25, -0.2) is 8.42 Å². The highest BCUT2D eigenvalue weighted by atomic mass is 32.2. The Kier molecular flexibility index (Phi) is 6.33. The summed E-state index contributed by atoms with van der Waals surface area (Å²) < 4.78 is 25.5. The fourth-order valence-corrected chi connectivity index (χ4v) is 5.18. The van der Waals surface area contributed by atoms with Gasteiger partial charge in [0.2, 0.25) is 21.8 Å². The molecule has 0 unspecified atom stereocenters. The highest BCUT2D eigenvalue weighted by molar-refractivity contribution is 7.88. The van der Waals surface area contributed by atoms with Gasteiger partial charge in [0, 0.05) is 18.3 Å². The van der Waals surface area contributed by atoms with E-state index in [0.717, 1.165) is 41.8 Å². The molecular weight excluding hydrogens is 390 g/mol. The average molecular weight is 422 g/mol. The maximum atomic E-state index is 13.5. The summed E-state index contributed by atoms with van der Waals surface area (Å²) in [5.74, 6) is -0.691. The second kappa shape index (κ2) is 8.44. The summed E-state index contributed by atoms with van der Waals surface area (Å²) in [6.07, 6.45) is 7.37. The first kappa shape index (κ1) is 21.8. The Morgan fingerprint density at radius 2 is 1.76 bits per heavy atom. The standard InChI is InChI=1S/C21H31N3O4S/c1-16-10-8-9-13-18(16)24-19(25)14-23(29(3,27)28)15-21(24,2)20(26)22-17-11-6-4-5-7-12-17/h8-10,13,17H,4-7,11-12,14-15H2,1-3H3,(H,22,26)/t21-/m0/s1. The normalized spacial score (nSPS) is 24.9. The van der Waals surface area contributed by atoms with E-state index in [9.17, 15) is 18.0 Å². The predicted molar refractivity (Wildman–Crippen MR) is 113 cm³/mol. The largest absolute Gasteiger partial charge is 0.351 e. The minimum Gasteiger partial charge on any atom is -0.351 e. The molecule has 0 bridgehead atoms. The lowest BCUT2D eigenvalue weighted by Gasteiger charge is -2.47. The van der Waals surface area contributed by atoms with Crippen LogP contribution in [0, 0.1) is 6.92 Å². The maximum absolute atomic E-state index is 13.5. The van der Waals surface area contributed by atoms with E-state index in [-0.39, 0.29) is 25.0 Å². The lowest BCUT2D eigenvalue weighted by Crippen LogP contribution is -2.70. The molecule has 1 saturated heterocycles. The monoisotopic (exact) mass is 421 g/mol.